The molecule has 1 N–H and O–H groups in total. The van der Waals surface area contributed by atoms with E-state index in [1.54, 1.807) is 7.11 Å². The highest BCUT2D eigenvalue weighted by Gasteiger charge is 2.22. The number of rotatable bonds is 10. The van der Waals surface area contributed by atoms with Gasteiger partial charge in [-0.3, -0.25) is 4.90 Å². The van der Waals surface area contributed by atoms with Crippen LogP contribution in [-0.2, 0) is 18.3 Å². The molecule has 148 valence electrons. The fraction of sp³-hybridized carbons (Fsp3) is 0.524. The molecule has 2 aromatic rings. The van der Waals surface area contributed by atoms with E-state index in [9.17, 15) is 5.11 Å². The lowest BCUT2D eigenvalue weighted by Crippen LogP contribution is -2.39. The highest BCUT2D eigenvalue weighted by molar-refractivity contribution is 5.31. The third-order valence-electron chi connectivity index (χ3n) is 4.89. The van der Waals surface area contributed by atoms with Crippen LogP contribution >= 0.6 is 0 Å². The van der Waals surface area contributed by atoms with E-state index in [0.29, 0.717) is 6.54 Å². The number of nitrogens with zero attached hydrogens (tertiary/aromatic N) is 2. The summed E-state index contributed by atoms with van der Waals surface area (Å²) in [5, 5.41) is 10.5. The van der Waals surface area contributed by atoms with Crippen molar-refractivity contribution in [1.82, 2.24) is 9.47 Å². The van der Waals surface area contributed by atoms with E-state index in [0.717, 1.165) is 44.0 Å². The zero-order valence-electron chi connectivity index (χ0n) is 16.2. The fourth-order valence-electron chi connectivity index (χ4n) is 3.38. The number of aliphatic hydroxyl groups excluding tert-OH is 1. The van der Waals surface area contributed by atoms with Gasteiger partial charge in [0.25, 0.3) is 0 Å². The molecule has 0 saturated carbocycles. The average Bonchev–Trinajstić information content (AvgIpc) is 3.32. The minimum absolute atomic E-state index is 0.250. The van der Waals surface area contributed by atoms with Gasteiger partial charge in [0.1, 0.15) is 24.2 Å². The lowest BCUT2D eigenvalue weighted by Gasteiger charge is -2.27. The quantitative estimate of drug-likeness (QED) is 0.692. The molecule has 1 aliphatic heterocycles. The van der Waals surface area contributed by atoms with Crippen LogP contribution in [0.3, 0.4) is 0 Å². The summed E-state index contributed by atoms with van der Waals surface area (Å²) in [5.41, 5.74) is 1.22. The van der Waals surface area contributed by atoms with E-state index in [2.05, 4.69) is 15.5 Å². The lowest BCUT2D eigenvalue weighted by molar-refractivity contribution is 0.0306. The van der Waals surface area contributed by atoms with Crippen molar-refractivity contribution in [3.8, 4) is 11.5 Å². The predicted octanol–water partition coefficient (Wildman–Crippen LogP) is 2.45. The summed E-state index contributed by atoms with van der Waals surface area (Å²) in [5.74, 6) is 1.51. The molecule has 1 fully saturated rings. The summed E-state index contributed by atoms with van der Waals surface area (Å²) < 4.78 is 18.8. The Hall–Kier alpha value is -2.02. The molecule has 2 heterocycles. The van der Waals surface area contributed by atoms with Gasteiger partial charge < -0.3 is 23.9 Å². The van der Waals surface area contributed by atoms with E-state index in [4.69, 9.17) is 14.2 Å². The molecule has 2 atom stereocenters. The zero-order valence-corrected chi connectivity index (χ0v) is 16.2. The Bertz CT molecular complexity index is 680. The first-order valence-corrected chi connectivity index (χ1v) is 9.53. The third-order valence-corrected chi connectivity index (χ3v) is 4.89. The van der Waals surface area contributed by atoms with Crippen molar-refractivity contribution in [1.29, 1.82) is 0 Å². The molecule has 6 nitrogen and oxygen atoms in total. The van der Waals surface area contributed by atoms with Crippen molar-refractivity contribution < 1.29 is 19.3 Å². The Balaban J connectivity index is 1.53. The molecule has 1 saturated heterocycles. The maximum Gasteiger partial charge on any atom is 0.119 e. The highest BCUT2D eigenvalue weighted by atomic mass is 16.5. The molecule has 0 bridgehead atoms. The maximum absolute atomic E-state index is 10.5. The van der Waals surface area contributed by atoms with Crippen LogP contribution in [0.2, 0.25) is 0 Å². The number of aromatic nitrogens is 1. The van der Waals surface area contributed by atoms with Crippen LogP contribution in [0.15, 0.2) is 42.6 Å². The molecular weight excluding hydrogens is 344 g/mol. The van der Waals surface area contributed by atoms with Gasteiger partial charge >= 0.3 is 0 Å². The average molecular weight is 374 g/mol. The first kappa shape index (κ1) is 19.7. The van der Waals surface area contributed by atoms with Crippen molar-refractivity contribution in [2.75, 3.05) is 33.4 Å². The molecule has 3 rings (SSSR count). The van der Waals surface area contributed by atoms with Gasteiger partial charge in [0.2, 0.25) is 0 Å². The van der Waals surface area contributed by atoms with Gasteiger partial charge in [-0.15, -0.1) is 0 Å². The number of hydrogen-bond donors (Lipinski definition) is 1. The lowest BCUT2D eigenvalue weighted by atomic mass is 10.2. The van der Waals surface area contributed by atoms with Crippen LogP contribution in [0, 0.1) is 0 Å². The van der Waals surface area contributed by atoms with Gasteiger partial charge in [0.05, 0.1) is 13.2 Å². The summed E-state index contributed by atoms with van der Waals surface area (Å²) in [7, 11) is 3.68. The molecule has 27 heavy (non-hydrogen) atoms. The van der Waals surface area contributed by atoms with E-state index in [1.807, 2.05) is 43.6 Å². The molecule has 2 unspecified atom stereocenters. The van der Waals surface area contributed by atoms with Crippen molar-refractivity contribution in [3.63, 3.8) is 0 Å². The number of ether oxygens (including phenoxy) is 3. The summed E-state index contributed by atoms with van der Waals surface area (Å²) in [6.07, 6.45) is 3.92. The second-order valence-electron chi connectivity index (χ2n) is 7.08. The van der Waals surface area contributed by atoms with Crippen molar-refractivity contribution in [2.45, 2.75) is 31.6 Å². The molecule has 0 aliphatic carbocycles. The van der Waals surface area contributed by atoms with Crippen LogP contribution < -0.4 is 9.47 Å². The molecule has 1 aromatic heterocycles. The molecule has 0 amide bonds. The predicted molar refractivity (Wildman–Crippen MR) is 104 cm³/mol. The van der Waals surface area contributed by atoms with E-state index in [1.165, 1.54) is 5.69 Å². The van der Waals surface area contributed by atoms with Gasteiger partial charge in [-0.2, -0.15) is 0 Å². The van der Waals surface area contributed by atoms with E-state index >= 15 is 0 Å². The van der Waals surface area contributed by atoms with Gasteiger partial charge in [-0.25, -0.2) is 0 Å². The monoisotopic (exact) mass is 374 g/mol. The van der Waals surface area contributed by atoms with E-state index in [-0.39, 0.29) is 12.7 Å². The number of aryl methyl sites for hydroxylation is 1. The highest BCUT2D eigenvalue weighted by Crippen LogP contribution is 2.18. The molecule has 0 spiro atoms. The minimum Gasteiger partial charge on any atom is -0.497 e. The number of methoxy groups -OCH3 is 1. The third kappa shape index (κ3) is 5.99. The molecule has 6 heteroatoms. The van der Waals surface area contributed by atoms with Crippen molar-refractivity contribution in [2.24, 2.45) is 7.05 Å². The topological polar surface area (TPSA) is 56.1 Å². The van der Waals surface area contributed by atoms with Crippen molar-refractivity contribution in [3.05, 3.63) is 48.3 Å². The fourth-order valence-corrected chi connectivity index (χ4v) is 3.38. The van der Waals surface area contributed by atoms with Crippen LogP contribution in [-0.4, -0.2) is 60.2 Å². The largest absolute Gasteiger partial charge is 0.497 e. The van der Waals surface area contributed by atoms with Crippen LogP contribution in [0.5, 0.6) is 11.5 Å². The number of aliphatic hydroxyl groups is 1. The van der Waals surface area contributed by atoms with Crippen LogP contribution in [0.1, 0.15) is 18.5 Å². The molecule has 1 aromatic carbocycles. The summed E-state index contributed by atoms with van der Waals surface area (Å²) in [4.78, 5) is 2.26. The summed E-state index contributed by atoms with van der Waals surface area (Å²) >= 11 is 0. The molecule has 0 radical (unpaired) electrons. The first-order chi connectivity index (χ1) is 13.1. The molecule has 1 aliphatic rings. The Kier molecular flexibility index (Phi) is 7.15. The Labute approximate surface area is 161 Å². The van der Waals surface area contributed by atoms with Gasteiger partial charge in [-0.05, 0) is 49.2 Å². The van der Waals surface area contributed by atoms with Gasteiger partial charge in [0, 0.05) is 45.2 Å². The Morgan fingerprint density at radius 2 is 2.04 bits per heavy atom. The number of benzene rings is 1. The Morgan fingerprint density at radius 1 is 1.26 bits per heavy atom. The SMILES string of the molecule is COc1ccc(OCC(O)CN(Cc2cccn2C)CC2CCCO2)cc1. The Morgan fingerprint density at radius 3 is 2.67 bits per heavy atom. The minimum atomic E-state index is -0.575. The standard InChI is InChI=1S/C21H30N2O4/c1-22-11-3-5-17(22)13-23(15-21-6-4-12-26-21)14-18(24)16-27-20-9-7-19(25-2)8-10-20/h3,5,7-11,18,21,24H,4,6,12-16H2,1-2H3. The zero-order chi connectivity index (χ0) is 19.1. The normalized spacial score (nSPS) is 18.0. The first-order valence-electron chi connectivity index (χ1n) is 9.53. The molecular formula is C21H30N2O4. The van der Waals surface area contributed by atoms with Crippen LogP contribution in [0.4, 0.5) is 0 Å². The smallest absolute Gasteiger partial charge is 0.119 e. The second-order valence-corrected chi connectivity index (χ2v) is 7.08. The summed E-state index contributed by atoms with van der Waals surface area (Å²) in [6.45, 7) is 3.24. The number of hydrogen-bond acceptors (Lipinski definition) is 5. The van der Waals surface area contributed by atoms with E-state index < -0.39 is 6.10 Å². The second kappa shape index (κ2) is 9.78. The van der Waals surface area contributed by atoms with Crippen molar-refractivity contribution >= 4 is 0 Å². The van der Waals surface area contributed by atoms with Gasteiger partial charge in [0.15, 0.2) is 0 Å². The maximum atomic E-state index is 10.5. The van der Waals surface area contributed by atoms with Gasteiger partial charge in [-0.1, -0.05) is 0 Å². The van der Waals surface area contributed by atoms with Crippen LogP contribution in [0.25, 0.3) is 0 Å². The summed E-state index contributed by atoms with van der Waals surface area (Å²) in [6, 6.07) is 11.5.